The van der Waals surface area contributed by atoms with Crippen LogP contribution in [0, 0.1) is 46.3 Å². The zero-order valence-electron chi connectivity index (χ0n) is 23.3. The van der Waals surface area contributed by atoms with Crippen molar-refractivity contribution in [2.75, 3.05) is 0 Å². The van der Waals surface area contributed by atoms with E-state index in [1.165, 1.54) is 83.5 Å². The van der Waals surface area contributed by atoms with Crippen LogP contribution in [0.5, 0.6) is 0 Å². The molecule has 8 atom stereocenters. The molecule has 0 spiro atoms. The summed E-state index contributed by atoms with van der Waals surface area (Å²) in [5.74, 6) is 5.15. The summed E-state index contributed by atoms with van der Waals surface area (Å²) in [5, 5.41) is 10.3. The Morgan fingerprint density at radius 3 is 2.44 bits per heavy atom. The van der Waals surface area contributed by atoms with Crippen molar-refractivity contribution in [1.29, 1.82) is 0 Å². The lowest BCUT2D eigenvalue weighted by molar-refractivity contribution is -0.0540. The van der Waals surface area contributed by atoms with Crippen molar-refractivity contribution in [2.45, 2.75) is 137 Å². The number of hydrogen-bond donors (Lipinski definition) is 1. The van der Waals surface area contributed by atoms with Crippen LogP contribution in [-0.4, -0.2) is 11.2 Å². The van der Waals surface area contributed by atoms with Crippen molar-refractivity contribution in [1.82, 2.24) is 0 Å². The third-order valence-electron chi connectivity index (χ3n) is 11.6. The van der Waals surface area contributed by atoms with Crippen molar-refractivity contribution in [3.8, 4) is 0 Å². The van der Waals surface area contributed by atoms with Crippen molar-refractivity contribution in [2.24, 2.45) is 46.3 Å². The maximum atomic E-state index is 10.3. The summed E-state index contributed by atoms with van der Waals surface area (Å²) in [6.07, 6.45) is 27.6. The molecule has 3 fully saturated rings. The van der Waals surface area contributed by atoms with Crippen molar-refractivity contribution < 1.29 is 5.11 Å². The molecule has 4 aliphatic carbocycles. The van der Waals surface area contributed by atoms with Gasteiger partial charge in [-0.3, -0.25) is 0 Å². The number of hydrogen-bond acceptors (Lipinski definition) is 1. The summed E-state index contributed by atoms with van der Waals surface area (Å²) in [7, 11) is 0. The van der Waals surface area contributed by atoms with Crippen molar-refractivity contribution in [3.63, 3.8) is 0 Å². The zero-order chi connectivity index (χ0) is 24.3. The van der Waals surface area contributed by atoms with E-state index in [4.69, 9.17) is 0 Å². The maximum absolute atomic E-state index is 10.3. The van der Waals surface area contributed by atoms with Gasteiger partial charge in [0, 0.05) is 0 Å². The normalized spacial score (nSPS) is 40.7. The van der Waals surface area contributed by atoms with Crippen molar-refractivity contribution in [3.05, 3.63) is 23.8 Å². The van der Waals surface area contributed by atoms with Gasteiger partial charge in [0.15, 0.2) is 0 Å². The zero-order valence-corrected chi connectivity index (χ0v) is 23.3. The van der Waals surface area contributed by atoms with Crippen LogP contribution in [0.4, 0.5) is 0 Å². The van der Waals surface area contributed by atoms with Crippen LogP contribution in [0.1, 0.15) is 131 Å². The second-order valence-electron chi connectivity index (χ2n) is 13.6. The monoisotopic (exact) mass is 468 g/mol. The molecule has 1 unspecified atom stereocenters. The van der Waals surface area contributed by atoms with Crippen LogP contribution in [-0.2, 0) is 0 Å². The SMILES string of the molecule is CCCCC(C/C=C/[C@@H](C)[C@H]1CC[C@H]2C3CC=C4C[C@@H](O)CC[C@]4(C)[C@H]3CC[C@]12C)CCCC. The first kappa shape index (κ1) is 26.5. The molecule has 3 saturated carbocycles. The Labute approximate surface area is 212 Å². The molecule has 0 bridgehead atoms. The molecule has 0 heterocycles. The molecule has 0 aromatic rings. The molecule has 4 rings (SSSR count). The predicted octanol–water partition coefficient (Wildman–Crippen LogP) is 9.51. The highest BCUT2D eigenvalue weighted by molar-refractivity contribution is 5.25. The Hall–Kier alpha value is -0.560. The first-order valence-corrected chi connectivity index (χ1v) is 15.4. The lowest BCUT2D eigenvalue weighted by Crippen LogP contribution is -2.50. The molecule has 4 aliphatic rings. The molecule has 0 aromatic heterocycles. The fourth-order valence-corrected chi connectivity index (χ4v) is 9.53. The minimum Gasteiger partial charge on any atom is -0.393 e. The Bertz CT molecular complexity index is 712. The number of aliphatic hydroxyl groups excluding tert-OH is 1. The average molecular weight is 469 g/mol. The molecule has 1 heteroatoms. The van der Waals surface area contributed by atoms with Gasteiger partial charge < -0.3 is 5.11 Å². The first-order chi connectivity index (χ1) is 16.3. The lowest BCUT2D eigenvalue weighted by Gasteiger charge is -2.58. The Morgan fingerprint density at radius 2 is 1.74 bits per heavy atom. The van der Waals surface area contributed by atoms with Crippen LogP contribution in [0.2, 0.25) is 0 Å². The van der Waals surface area contributed by atoms with Gasteiger partial charge in [0.05, 0.1) is 6.10 Å². The molecule has 0 amide bonds. The van der Waals surface area contributed by atoms with E-state index in [1.54, 1.807) is 5.57 Å². The summed E-state index contributed by atoms with van der Waals surface area (Å²) >= 11 is 0. The van der Waals surface area contributed by atoms with E-state index in [1.807, 2.05) is 0 Å². The largest absolute Gasteiger partial charge is 0.393 e. The number of aliphatic hydroxyl groups is 1. The molecule has 0 saturated heterocycles. The van der Waals surface area contributed by atoms with Crippen LogP contribution in [0.3, 0.4) is 0 Å². The van der Waals surface area contributed by atoms with E-state index < -0.39 is 0 Å². The predicted molar refractivity (Wildman–Crippen MR) is 147 cm³/mol. The first-order valence-electron chi connectivity index (χ1n) is 15.4. The quantitative estimate of drug-likeness (QED) is 0.316. The topological polar surface area (TPSA) is 20.2 Å². The van der Waals surface area contributed by atoms with Gasteiger partial charge in [-0.2, -0.15) is 0 Å². The summed E-state index contributed by atoms with van der Waals surface area (Å²) in [5.41, 5.74) is 2.52. The van der Waals surface area contributed by atoms with Crippen LogP contribution >= 0.6 is 0 Å². The van der Waals surface area contributed by atoms with Crippen LogP contribution in [0.25, 0.3) is 0 Å². The highest BCUT2D eigenvalue weighted by Gasteiger charge is 2.58. The molecule has 34 heavy (non-hydrogen) atoms. The molecule has 1 N–H and O–H groups in total. The molecule has 194 valence electrons. The number of unbranched alkanes of at least 4 members (excludes halogenated alkanes) is 2. The Balaban J connectivity index is 1.41. The van der Waals surface area contributed by atoms with E-state index in [-0.39, 0.29) is 6.10 Å². The Kier molecular flexibility index (Phi) is 8.75. The summed E-state index contributed by atoms with van der Waals surface area (Å²) in [6, 6.07) is 0. The summed E-state index contributed by atoms with van der Waals surface area (Å²) in [4.78, 5) is 0. The second-order valence-corrected chi connectivity index (χ2v) is 13.6. The molecular weight excluding hydrogens is 412 g/mol. The summed E-state index contributed by atoms with van der Waals surface area (Å²) in [6.45, 7) is 12.5. The van der Waals surface area contributed by atoms with E-state index in [2.05, 4.69) is 52.8 Å². The van der Waals surface area contributed by atoms with Gasteiger partial charge in [-0.25, -0.2) is 0 Å². The fourth-order valence-electron chi connectivity index (χ4n) is 9.53. The van der Waals surface area contributed by atoms with Crippen LogP contribution in [0.15, 0.2) is 23.8 Å². The van der Waals surface area contributed by atoms with Gasteiger partial charge in [-0.05, 0) is 104 Å². The van der Waals surface area contributed by atoms with Gasteiger partial charge in [0.1, 0.15) is 0 Å². The fraction of sp³-hybridized carbons (Fsp3) is 0.879. The minimum atomic E-state index is -0.0863. The van der Waals surface area contributed by atoms with E-state index in [0.29, 0.717) is 10.8 Å². The van der Waals surface area contributed by atoms with Gasteiger partial charge in [-0.1, -0.05) is 96.9 Å². The van der Waals surface area contributed by atoms with Gasteiger partial charge >= 0.3 is 0 Å². The minimum absolute atomic E-state index is 0.0863. The Morgan fingerprint density at radius 1 is 1.00 bits per heavy atom. The molecule has 0 aromatic carbocycles. The average Bonchev–Trinajstić information content (AvgIpc) is 3.18. The molecular formula is C33H56O. The van der Waals surface area contributed by atoms with E-state index in [0.717, 1.165) is 48.3 Å². The molecule has 1 nitrogen and oxygen atoms in total. The highest BCUT2D eigenvalue weighted by Crippen LogP contribution is 2.67. The maximum Gasteiger partial charge on any atom is 0.0577 e. The van der Waals surface area contributed by atoms with Crippen LogP contribution < -0.4 is 0 Å². The second kappa shape index (κ2) is 11.2. The standard InChI is InChI=1S/C33H56O/c1-6-8-12-25(13-9-7-2)14-10-11-24(3)29-17-18-30-28-16-15-26-23-27(34)19-21-32(26,4)31(28)20-22-33(29,30)5/h10-11,15,24-25,27-31,34H,6-9,12-14,16-23H2,1-5H3/b11-10+/t24-,27+,28?,29-,30+,31+,32+,33-/m1/s1. The smallest absolute Gasteiger partial charge is 0.0577 e. The van der Waals surface area contributed by atoms with E-state index in [9.17, 15) is 5.11 Å². The number of rotatable bonds is 10. The van der Waals surface area contributed by atoms with Gasteiger partial charge in [0.2, 0.25) is 0 Å². The van der Waals surface area contributed by atoms with Gasteiger partial charge in [-0.15, -0.1) is 0 Å². The lowest BCUT2D eigenvalue weighted by atomic mass is 9.47. The molecule has 0 radical (unpaired) electrons. The van der Waals surface area contributed by atoms with Gasteiger partial charge in [0.25, 0.3) is 0 Å². The van der Waals surface area contributed by atoms with E-state index >= 15 is 0 Å². The summed E-state index contributed by atoms with van der Waals surface area (Å²) < 4.78 is 0. The number of fused-ring (bicyclic) bond motifs is 5. The third kappa shape index (κ3) is 5.12. The highest BCUT2D eigenvalue weighted by atomic mass is 16.3. The molecule has 0 aliphatic heterocycles. The third-order valence-corrected chi connectivity index (χ3v) is 11.6. The number of allylic oxidation sites excluding steroid dienone is 3. The van der Waals surface area contributed by atoms with Crippen molar-refractivity contribution >= 4 is 0 Å².